The van der Waals surface area contributed by atoms with Gasteiger partial charge in [0.15, 0.2) is 0 Å². The second kappa shape index (κ2) is 10.6. The Balaban J connectivity index is 1.54. The van der Waals surface area contributed by atoms with Crippen molar-refractivity contribution in [3.8, 4) is 0 Å². The molecule has 4 rings (SSSR count). The summed E-state index contributed by atoms with van der Waals surface area (Å²) in [5.41, 5.74) is 2.11. The van der Waals surface area contributed by atoms with Crippen molar-refractivity contribution in [1.29, 1.82) is 0 Å². The zero-order chi connectivity index (χ0) is 22.3. The molecule has 6 nitrogen and oxygen atoms in total. The standard InChI is InChI=1S/C25H26ClN3O3/c26-22-9-5-4-8-20(22)16-29-17-21(10-11-24(29)30)25(31)27-23(19-6-2-1-3-7-19)18-28-12-14-32-15-13-28/h1-11,17,23H,12-16,18H2,(H,27,31). The van der Waals surface area contributed by atoms with Crippen molar-refractivity contribution >= 4 is 17.5 Å². The van der Waals surface area contributed by atoms with E-state index in [4.69, 9.17) is 16.3 Å². The maximum atomic E-state index is 13.2. The molecule has 1 saturated heterocycles. The van der Waals surface area contributed by atoms with Crippen LogP contribution in [0.4, 0.5) is 0 Å². The van der Waals surface area contributed by atoms with Crippen LogP contribution in [0.2, 0.25) is 5.02 Å². The van der Waals surface area contributed by atoms with Crippen molar-refractivity contribution in [2.45, 2.75) is 12.6 Å². The number of nitrogens with one attached hydrogen (secondary N) is 1. The molecule has 0 aliphatic carbocycles. The molecule has 0 saturated carbocycles. The monoisotopic (exact) mass is 451 g/mol. The van der Waals surface area contributed by atoms with Crippen LogP contribution in [0.3, 0.4) is 0 Å². The number of nitrogens with zero attached hydrogens (tertiary/aromatic N) is 2. The molecule has 1 unspecified atom stereocenters. The molecule has 0 spiro atoms. The van der Waals surface area contributed by atoms with Gasteiger partial charge in [0.25, 0.3) is 11.5 Å². The molecule has 2 aromatic carbocycles. The number of rotatable bonds is 7. The molecular formula is C25H26ClN3O3. The number of halogens is 1. The highest BCUT2D eigenvalue weighted by atomic mass is 35.5. The van der Waals surface area contributed by atoms with E-state index >= 15 is 0 Å². The van der Waals surface area contributed by atoms with Gasteiger partial charge < -0.3 is 14.6 Å². The minimum atomic E-state index is -0.222. The van der Waals surface area contributed by atoms with Crippen LogP contribution >= 0.6 is 11.6 Å². The molecule has 7 heteroatoms. The Morgan fingerprint density at radius 3 is 2.47 bits per heavy atom. The van der Waals surface area contributed by atoms with Crippen LogP contribution in [0.25, 0.3) is 0 Å². The van der Waals surface area contributed by atoms with Gasteiger partial charge in [-0.15, -0.1) is 0 Å². The lowest BCUT2D eigenvalue weighted by molar-refractivity contribution is 0.0332. The van der Waals surface area contributed by atoms with Gasteiger partial charge in [-0.1, -0.05) is 60.1 Å². The number of pyridine rings is 1. The Morgan fingerprint density at radius 1 is 1.00 bits per heavy atom. The fraction of sp³-hybridized carbons (Fsp3) is 0.280. The molecule has 1 amide bonds. The number of carbonyl (C=O) groups excluding carboxylic acids is 1. The van der Waals surface area contributed by atoms with Crippen molar-refractivity contribution in [2.24, 2.45) is 0 Å². The van der Waals surface area contributed by atoms with Gasteiger partial charge in [-0.3, -0.25) is 14.5 Å². The van der Waals surface area contributed by atoms with Gasteiger partial charge in [0.2, 0.25) is 0 Å². The van der Waals surface area contributed by atoms with Gasteiger partial charge in [0.1, 0.15) is 0 Å². The maximum absolute atomic E-state index is 13.2. The number of aromatic nitrogens is 1. The van der Waals surface area contributed by atoms with Gasteiger partial charge in [-0.05, 0) is 23.3 Å². The third-order valence-electron chi connectivity index (χ3n) is 5.60. The predicted octanol–water partition coefficient (Wildman–Crippen LogP) is 3.35. The lowest BCUT2D eigenvalue weighted by atomic mass is 10.1. The van der Waals surface area contributed by atoms with Crippen LogP contribution in [0.1, 0.15) is 27.5 Å². The molecule has 1 fully saturated rings. The molecule has 32 heavy (non-hydrogen) atoms. The van der Waals surface area contributed by atoms with Gasteiger partial charge in [0, 0.05) is 36.9 Å². The summed E-state index contributed by atoms with van der Waals surface area (Å²) in [4.78, 5) is 27.8. The molecule has 1 aromatic heterocycles. The van der Waals surface area contributed by atoms with Crippen molar-refractivity contribution in [2.75, 3.05) is 32.8 Å². The molecule has 3 aromatic rings. The van der Waals surface area contributed by atoms with E-state index in [-0.39, 0.29) is 17.5 Å². The highest BCUT2D eigenvalue weighted by Gasteiger charge is 2.21. The summed E-state index contributed by atoms with van der Waals surface area (Å²) < 4.78 is 6.96. The Labute approximate surface area is 192 Å². The first-order valence-electron chi connectivity index (χ1n) is 10.7. The molecule has 0 radical (unpaired) electrons. The Kier molecular flexibility index (Phi) is 7.37. The van der Waals surface area contributed by atoms with Crippen molar-refractivity contribution < 1.29 is 9.53 Å². The summed E-state index contributed by atoms with van der Waals surface area (Å²) in [7, 11) is 0. The first kappa shape index (κ1) is 22.3. The maximum Gasteiger partial charge on any atom is 0.253 e. The lowest BCUT2D eigenvalue weighted by Crippen LogP contribution is -2.43. The van der Waals surface area contributed by atoms with Gasteiger partial charge in [-0.2, -0.15) is 0 Å². The summed E-state index contributed by atoms with van der Waals surface area (Å²) in [6.07, 6.45) is 1.60. The van der Waals surface area contributed by atoms with Crippen LogP contribution in [0, 0.1) is 0 Å². The SMILES string of the molecule is O=C(NC(CN1CCOCC1)c1ccccc1)c1ccc(=O)n(Cc2ccccc2Cl)c1. The fourth-order valence-corrected chi connectivity index (χ4v) is 4.00. The first-order valence-corrected chi connectivity index (χ1v) is 11.1. The number of benzene rings is 2. The third kappa shape index (κ3) is 5.65. The zero-order valence-electron chi connectivity index (χ0n) is 17.7. The Hall–Kier alpha value is -2.93. The van der Waals surface area contributed by atoms with E-state index in [0.717, 1.165) is 24.2 Å². The molecular weight excluding hydrogens is 426 g/mol. The Bertz CT molecular complexity index is 1110. The smallest absolute Gasteiger partial charge is 0.253 e. The highest BCUT2D eigenvalue weighted by Crippen LogP contribution is 2.18. The largest absolute Gasteiger partial charge is 0.379 e. The van der Waals surface area contributed by atoms with E-state index in [1.54, 1.807) is 18.3 Å². The minimum Gasteiger partial charge on any atom is -0.379 e. The van der Waals surface area contributed by atoms with Crippen LogP contribution in [-0.4, -0.2) is 48.2 Å². The average molecular weight is 452 g/mol. The van der Waals surface area contributed by atoms with E-state index < -0.39 is 0 Å². The number of amides is 1. The van der Waals surface area contributed by atoms with Crippen LogP contribution in [0.15, 0.2) is 77.7 Å². The van der Waals surface area contributed by atoms with Crippen LogP contribution < -0.4 is 10.9 Å². The van der Waals surface area contributed by atoms with E-state index in [1.807, 2.05) is 48.5 Å². The third-order valence-corrected chi connectivity index (χ3v) is 5.96. The average Bonchev–Trinajstić information content (AvgIpc) is 2.82. The minimum absolute atomic E-state index is 0.175. The molecule has 1 atom stereocenters. The summed E-state index contributed by atoms with van der Waals surface area (Å²) in [5.74, 6) is -0.222. The second-order valence-corrected chi connectivity index (χ2v) is 8.23. The normalized spacial score (nSPS) is 15.3. The van der Waals surface area contributed by atoms with Crippen molar-refractivity contribution in [3.05, 3.63) is 105 Å². The number of ether oxygens (including phenoxy) is 1. The molecule has 166 valence electrons. The summed E-state index contributed by atoms with van der Waals surface area (Å²) in [6.45, 7) is 4.06. The summed E-state index contributed by atoms with van der Waals surface area (Å²) in [6, 6.07) is 20.1. The Morgan fingerprint density at radius 2 is 1.72 bits per heavy atom. The number of morpholine rings is 1. The summed E-state index contributed by atoms with van der Waals surface area (Å²) >= 11 is 6.25. The topological polar surface area (TPSA) is 63.6 Å². The number of hydrogen-bond donors (Lipinski definition) is 1. The van der Waals surface area contributed by atoms with Crippen molar-refractivity contribution in [3.63, 3.8) is 0 Å². The first-order chi connectivity index (χ1) is 15.6. The number of hydrogen-bond acceptors (Lipinski definition) is 4. The second-order valence-electron chi connectivity index (χ2n) is 7.83. The van der Waals surface area contributed by atoms with Crippen molar-refractivity contribution in [1.82, 2.24) is 14.8 Å². The number of carbonyl (C=O) groups is 1. The molecule has 1 N–H and O–H groups in total. The zero-order valence-corrected chi connectivity index (χ0v) is 18.5. The van der Waals surface area contributed by atoms with E-state index in [9.17, 15) is 9.59 Å². The van der Waals surface area contributed by atoms with E-state index in [0.29, 0.717) is 36.9 Å². The predicted molar refractivity (Wildman–Crippen MR) is 125 cm³/mol. The van der Waals surface area contributed by atoms with E-state index in [2.05, 4.69) is 10.2 Å². The fourth-order valence-electron chi connectivity index (χ4n) is 3.80. The summed E-state index contributed by atoms with van der Waals surface area (Å²) in [5, 5.41) is 3.74. The highest BCUT2D eigenvalue weighted by molar-refractivity contribution is 6.31. The van der Waals surface area contributed by atoms with Crippen LogP contribution in [0.5, 0.6) is 0 Å². The van der Waals surface area contributed by atoms with Gasteiger partial charge in [-0.25, -0.2) is 0 Å². The lowest BCUT2D eigenvalue weighted by Gasteiger charge is -2.31. The molecule has 2 heterocycles. The van der Waals surface area contributed by atoms with Gasteiger partial charge >= 0.3 is 0 Å². The van der Waals surface area contributed by atoms with Gasteiger partial charge in [0.05, 0.1) is 31.4 Å². The molecule has 0 bridgehead atoms. The molecule has 1 aliphatic rings. The molecule has 1 aliphatic heterocycles. The van der Waals surface area contributed by atoms with E-state index in [1.165, 1.54) is 10.6 Å². The quantitative estimate of drug-likeness (QED) is 0.598. The van der Waals surface area contributed by atoms with Crippen LogP contribution in [-0.2, 0) is 11.3 Å².